The zero-order valence-corrected chi connectivity index (χ0v) is 12.2. The largest absolute Gasteiger partial charge is 0.322 e. The minimum atomic E-state index is -0.0817. The molecule has 0 spiro atoms. The Morgan fingerprint density at radius 3 is 1.63 bits per heavy atom. The van der Waals surface area contributed by atoms with E-state index in [9.17, 15) is 4.79 Å². The third-order valence-corrected chi connectivity index (χ3v) is 2.07. The zero-order chi connectivity index (χ0) is 14.5. The van der Waals surface area contributed by atoms with Gasteiger partial charge in [0, 0.05) is 11.3 Å². The summed E-state index contributed by atoms with van der Waals surface area (Å²) in [5, 5.41) is 2.82. The van der Waals surface area contributed by atoms with Gasteiger partial charge < -0.3 is 5.32 Å². The Balaban J connectivity index is 0.000000741. The van der Waals surface area contributed by atoms with Gasteiger partial charge in [-0.3, -0.25) is 4.79 Å². The van der Waals surface area contributed by atoms with Gasteiger partial charge in [0.05, 0.1) is 0 Å². The number of amides is 1. The van der Waals surface area contributed by atoms with Crippen molar-refractivity contribution in [2.24, 2.45) is 0 Å². The van der Waals surface area contributed by atoms with E-state index in [1.54, 1.807) is 12.1 Å². The SMILES string of the molecule is CC.CC.O=C(Nc1ccccc1)c1ccccc1. The summed E-state index contributed by atoms with van der Waals surface area (Å²) in [6.45, 7) is 8.00. The lowest BCUT2D eigenvalue weighted by atomic mass is 10.2. The molecule has 0 saturated carbocycles. The highest BCUT2D eigenvalue weighted by Gasteiger charge is 2.03. The van der Waals surface area contributed by atoms with E-state index in [1.807, 2.05) is 76.2 Å². The van der Waals surface area contributed by atoms with Crippen molar-refractivity contribution in [2.45, 2.75) is 27.7 Å². The molecule has 2 rings (SSSR count). The maximum atomic E-state index is 11.7. The van der Waals surface area contributed by atoms with Crippen molar-refractivity contribution >= 4 is 11.6 Å². The van der Waals surface area contributed by atoms with Crippen LogP contribution in [0.3, 0.4) is 0 Å². The molecule has 0 fully saturated rings. The summed E-state index contributed by atoms with van der Waals surface area (Å²) in [5.74, 6) is -0.0817. The minimum Gasteiger partial charge on any atom is -0.322 e. The molecule has 2 heteroatoms. The van der Waals surface area contributed by atoms with E-state index in [1.165, 1.54) is 0 Å². The maximum absolute atomic E-state index is 11.7. The number of carbonyl (C=O) groups is 1. The standard InChI is InChI=1S/C13H11NO.2C2H6/c15-13(11-7-3-1-4-8-11)14-12-9-5-2-6-10-12;2*1-2/h1-10H,(H,14,15);2*1-2H3. The Kier molecular flexibility index (Phi) is 9.81. The fraction of sp³-hybridized carbons (Fsp3) is 0.235. The fourth-order valence-corrected chi connectivity index (χ4v) is 1.31. The first-order valence-electron chi connectivity index (χ1n) is 6.78. The molecule has 2 nitrogen and oxygen atoms in total. The van der Waals surface area contributed by atoms with E-state index in [0.717, 1.165) is 5.69 Å². The lowest BCUT2D eigenvalue weighted by molar-refractivity contribution is 0.102. The van der Waals surface area contributed by atoms with Crippen molar-refractivity contribution in [3.8, 4) is 0 Å². The van der Waals surface area contributed by atoms with Gasteiger partial charge in [0.25, 0.3) is 5.91 Å². The predicted octanol–water partition coefficient (Wildman–Crippen LogP) is 4.99. The van der Waals surface area contributed by atoms with Crippen LogP contribution in [0.15, 0.2) is 60.7 Å². The van der Waals surface area contributed by atoms with Crippen LogP contribution in [-0.4, -0.2) is 5.91 Å². The van der Waals surface area contributed by atoms with Crippen molar-refractivity contribution in [3.63, 3.8) is 0 Å². The molecule has 0 atom stereocenters. The predicted molar refractivity (Wildman–Crippen MR) is 83.5 cm³/mol. The van der Waals surface area contributed by atoms with Gasteiger partial charge >= 0.3 is 0 Å². The molecule has 0 unspecified atom stereocenters. The molecule has 0 aliphatic rings. The molecule has 19 heavy (non-hydrogen) atoms. The molecule has 0 radical (unpaired) electrons. The van der Waals surface area contributed by atoms with E-state index in [-0.39, 0.29) is 5.91 Å². The van der Waals surface area contributed by atoms with Gasteiger partial charge in [-0.1, -0.05) is 64.1 Å². The number of rotatable bonds is 2. The fourth-order valence-electron chi connectivity index (χ4n) is 1.31. The third kappa shape index (κ3) is 6.41. The van der Waals surface area contributed by atoms with Gasteiger partial charge in [0.15, 0.2) is 0 Å². The molecule has 0 aromatic heterocycles. The van der Waals surface area contributed by atoms with Crippen LogP contribution in [0.1, 0.15) is 38.1 Å². The molecule has 0 bridgehead atoms. The summed E-state index contributed by atoms with van der Waals surface area (Å²) >= 11 is 0. The van der Waals surface area contributed by atoms with E-state index < -0.39 is 0 Å². The van der Waals surface area contributed by atoms with Crippen LogP contribution < -0.4 is 5.32 Å². The first-order chi connectivity index (χ1) is 9.36. The minimum absolute atomic E-state index is 0.0817. The average Bonchev–Trinajstić information content (AvgIpc) is 2.53. The summed E-state index contributed by atoms with van der Waals surface area (Å²) in [5.41, 5.74) is 1.48. The molecule has 1 N–H and O–H groups in total. The Morgan fingerprint density at radius 2 is 1.16 bits per heavy atom. The van der Waals surface area contributed by atoms with Crippen LogP contribution in [-0.2, 0) is 0 Å². The van der Waals surface area contributed by atoms with E-state index >= 15 is 0 Å². The van der Waals surface area contributed by atoms with Crippen molar-refractivity contribution in [2.75, 3.05) is 5.32 Å². The molecular formula is C17H23NO. The van der Waals surface area contributed by atoms with Gasteiger partial charge in [-0.15, -0.1) is 0 Å². The molecule has 0 saturated heterocycles. The Bertz CT molecular complexity index is 437. The first kappa shape index (κ1) is 16.9. The first-order valence-corrected chi connectivity index (χ1v) is 6.78. The van der Waals surface area contributed by atoms with Gasteiger partial charge in [-0.25, -0.2) is 0 Å². The van der Waals surface area contributed by atoms with Crippen molar-refractivity contribution in [3.05, 3.63) is 66.2 Å². The lowest BCUT2D eigenvalue weighted by Gasteiger charge is -2.03. The lowest BCUT2D eigenvalue weighted by Crippen LogP contribution is -2.11. The summed E-state index contributed by atoms with van der Waals surface area (Å²) < 4.78 is 0. The highest BCUT2D eigenvalue weighted by atomic mass is 16.1. The second-order valence-corrected chi connectivity index (χ2v) is 3.19. The number of para-hydroxylation sites is 1. The van der Waals surface area contributed by atoms with E-state index in [0.29, 0.717) is 5.56 Å². The zero-order valence-electron chi connectivity index (χ0n) is 12.2. The van der Waals surface area contributed by atoms with Crippen LogP contribution in [0, 0.1) is 0 Å². The quantitative estimate of drug-likeness (QED) is 0.806. The van der Waals surface area contributed by atoms with Gasteiger partial charge in [-0.05, 0) is 24.3 Å². The number of benzene rings is 2. The van der Waals surface area contributed by atoms with Crippen molar-refractivity contribution < 1.29 is 4.79 Å². The Hall–Kier alpha value is -2.09. The summed E-state index contributed by atoms with van der Waals surface area (Å²) in [7, 11) is 0. The molecular weight excluding hydrogens is 234 g/mol. The number of anilines is 1. The number of hydrogen-bond acceptors (Lipinski definition) is 1. The third-order valence-electron chi connectivity index (χ3n) is 2.07. The molecule has 1 amide bonds. The Labute approximate surface area is 116 Å². The monoisotopic (exact) mass is 257 g/mol. The van der Waals surface area contributed by atoms with Gasteiger partial charge in [0.1, 0.15) is 0 Å². The summed E-state index contributed by atoms with van der Waals surface area (Å²) in [6, 6.07) is 18.6. The van der Waals surface area contributed by atoms with Crippen LogP contribution in [0.4, 0.5) is 5.69 Å². The van der Waals surface area contributed by atoms with Crippen molar-refractivity contribution in [1.29, 1.82) is 0 Å². The summed E-state index contributed by atoms with van der Waals surface area (Å²) in [4.78, 5) is 11.7. The van der Waals surface area contributed by atoms with Gasteiger partial charge in [0.2, 0.25) is 0 Å². The van der Waals surface area contributed by atoms with Gasteiger partial charge in [-0.2, -0.15) is 0 Å². The average molecular weight is 257 g/mol. The second-order valence-electron chi connectivity index (χ2n) is 3.19. The number of carbonyl (C=O) groups excluding carboxylic acids is 1. The van der Waals surface area contributed by atoms with Crippen LogP contribution in [0.25, 0.3) is 0 Å². The second kappa shape index (κ2) is 11.0. The molecule has 0 heterocycles. The molecule has 0 aliphatic heterocycles. The Morgan fingerprint density at radius 1 is 0.737 bits per heavy atom. The molecule has 102 valence electrons. The molecule has 2 aromatic carbocycles. The maximum Gasteiger partial charge on any atom is 0.255 e. The summed E-state index contributed by atoms with van der Waals surface area (Å²) in [6.07, 6.45) is 0. The van der Waals surface area contributed by atoms with E-state index in [2.05, 4.69) is 5.32 Å². The highest BCUT2D eigenvalue weighted by molar-refractivity contribution is 6.04. The number of hydrogen-bond donors (Lipinski definition) is 1. The normalized spacial score (nSPS) is 8.21. The van der Waals surface area contributed by atoms with E-state index in [4.69, 9.17) is 0 Å². The topological polar surface area (TPSA) is 29.1 Å². The molecule has 2 aromatic rings. The number of nitrogens with one attached hydrogen (secondary N) is 1. The van der Waals surface area contributed by atoms with Crippen molar-refractivity contribution in [1.82, 2.24) is 0 Å². The van der Waals surface area contributed by atoms with Crippen LogP contribution in [0.2, 0.25) is 0 Å². The molecule has 0 aliphatic carbocycles. The highest BCUT2D eigenvalue weighted by Crippen LogP contribution is 2.07. The smallest absolute Gasteiger partial charge is 0.255 e. The van der Waals surface area contributed by atoms with Crippen LogP contribution >= 0.6 is 0 Å². The van der Waals surface area contributed by atoms with Crippen LogP contribution in [0.5, 0.6) is 0 Å².